The molecule has 0 radical (unpaired) electrons. The third kappa shape index (κ3) is 5.69. The van der Waals surface area contributed by atoms with Crippen LogP contribution >= 0.6 is 0 Å². The van der Waals surface area contributed by atoms with E-state index in [1.54, 1.807) is 11.9 Å². The van der Waals surface area contributed by atoms with E-state index in [1.165, 1.54) is 22.3 Å². The first-order valence-electron chi connectivity index (χ1n) is 13.4. The molecule has 1 unspecified atom stereocenters. The molecule has 4 aromatic rings. The number of phenolic OH excluding ortho intramolecular Hbond substituents is 1. The van der Waals surface area contributed by atoms with Gasteiger partial charge in [0, 0.05) is 35.8 Å². The lowest BCUT2D eigenvalue weighted by atomic mass is 9.66. The second-order valence-corrected chi connectivity index (χ2v) is 11.2. The third-order valence-electron chi connectivity index (χ3n) is 7.96. The molecule has 0 aliphatic heterocycles. The molecule has 0 fully saturated rings. The number of nitrogens with zero attached hydrogens (tertiary/aromatic N) is 2. The Morgan fingerprint density at radius 3 is 2.38 bits per heavy atom. The van der Waals surface area contributed by atoms with Crippen LogP contribution in [0.4, 0.5) is 0 Å². The Labute approximate surface area is 230 Å². The molecule has 1 aliphatic rings. The van der Waals surface area contributed by atoms with Crippen molar-refractivity contribution in [1.82, 2.24) is 9.47 Å². The zero-order valence-electron chi connectivity index (χ0n) is 22.8. The molecular formula is C34H36N2O3. The van der Waals surface area contributed by atoms with E-state index in [4.69, 9.17) is 0 Å². The van der Waals surface area contributed by atoms with Crippen LogP contribution in [0, 0.1) is 11.3 Å². The number of likely N-dealkylation sites (N-methyl/N-ethyl adjacent to an activating group) is 1. The van der Waals surface area contributed by atoms with Gasteiger partial charge < -0.3 is 14.8 Å². The number of carboxylic acids is 1. The van der Waals surface area contributed by atoms with E-state index in [0.717, 1.165) is 22.9 Å². The smallest absolute Gasteiger partial charge is 0.317 e. The summed E-state index contributed by atoms with van der Waals surface area (Å²) >= 11 is 0. The number of aromatic hydroxyl groups is 1. The first kappa shape index (κ1) is 26.5. The Morgan fingerprint density at radius 1 is 1.00 bits per heavy atom. The molecule has 3 aromatic carbocycles. The number of allylic oxidation sites excluding steroid dienone is 4. The van der Waals surface area contributed by atoms with E-state index in [-0.39, 0.29) is 23.6 Å². The maximum Gasteiger partial charge on any atom is 0.317 e. The van der Waals surface area contributed by atoms with Gasteiger partial charge in [-0.25, -0.2) is 0 Å². The average Bonchev–Trinajstić information content (AvgIpc) is 3.21. The molecule has 5 rings (SSSR count). The maximum atomic E-state index is 11.2. The van der Waals surface area contributed by atoms with Gasteiger partial charge in [-0.3, -0.25) is 9.69 Å². The summed E-state index contributed by atoms with van der Waals surface area (Å²) in [5, 5.41) is 21.2. The van der Waals surface area contributed by atoms with E-state index in [0.29, 0.717) is 13.1 Å². The van der Waals surface area contributed by atoms with Crippen LogP contribution in [0.1, 0.15) is 36.1 Å². The minimum Gasteiger partial charge on any atom is -0.508 e. The van der Waals surface area contributed by atoms with Gasteiger partial charge in [0.2, 0.25) is 0 Å². The van der Waals surface area contributed by atoms with Crippen molar-refractivity contribution in [2.24, 2.45) is 11.3 Å². The normalized spacial score (nSPS) is 16.5. The van der Waals surface area contributed by atoms with Crippen LogP contribution in [0.3, 0.4) is 0 Å². The third-order valence-corrected chi connectivity index (χ3v) is 7.96. The lowest BCUT2D eigenvalue weighted by Gasteiger charge is -2.37. The zero-order valence-corrected chi connectivity index (χ0v) is 22.8. The minimum absolute atomic E-state index is 0.0779. The standard InChI is InChI=1S/C34H36N2O3/c1-34(2)28(15-10-16-30(34)25-13-8-5-9-14-25)17-26-22-36(20-24-11-6-4-7-12-24)31-18-27(32(37)19-29(26)31)21-35(3)23-33(38)39/h4-16,18-19,22,28,37H,17,20-21,23H2,1-3H3,(H,38,39). The van der Waals surface area contributed by atoms with Gasteiger partial charge in [-0.15, -0.1) is 0 Å². The number of aromatic nitrogens is 1. The molecule has 1 aromatic heterocycles. The van der Waals surface area contributed by atoms with Gasteiger partial charge in [-0.1, -0.05) is 92.7 Å². The molecule has 1 atom stereocenters. The SMILES string of the molecule is CN(CC(=O)O)Cc1cc2c(cc1O)c(CC1C=CC=C(c3ccccc3)C1(C)C)cn2Cc1ccccc1. The van der Waals surface area contributed by atoms with Crippen LogP contribution in [0.15, 0.2) is 97.2 Å². The lowest BCUT2D eigenvalue weighted by molar-refractivity contribution is -0.138. The number of phenols is 1. The fraction of sp³-hybridized carbons (Fsp3) is 0.265. The van der Waals surface area contributed by atoms with Gasteiger partial charge in [0.05, 0.1) is 6.54 Å². The highest BCUT2D eigenvalue weighted by Gasteiger charge is 2.34. The largest absolute Gasteiger partial charge is 0.508 e. The van der Waals surface area contributed by atoms with Crippen LogP contribution in [0.2, 0.25) is 0 Å². The summed E-state index contributed by atoms with van der Waals surface area (Å²) in [6, 6.07) is 24.8. The van der Waals surface area contributed by atoms with Crippen molar-refractivity contribution in [3.63, 3.8) is 0 Å². The summed E-state index contributed by atoms with van der Waals surface area (Å²) in [6.07, 6.45) is 9.78. The monoisotopic (exact) mass is 520 g/mol. The second-order valence-electron chi connectivity index (χ2n) is 11.2. The molecule has 0 bridgehead atoms. The van der Waals surface area contributed by atoms with E-state index in [1.807, 2.05) is 30.3 Å². The Balaban J connectivity index is 1.52. The van der Waals surface area contributed by atoms with Crippen LogP contribution in [0.25, 0.3) is 16.5 Å². The van der Waals surface area contributed by atoms with Gasteiger partial charge in [0.25, 0.3) is 0 Å². The van der Waals surface area contributed by atoms with Crippen molar-refractivity contribution >= 4 is 22.4 Å². The van der Waals surface area contributed by atoms with E-state index >= 15 is 0 Å². The van der Waals surface area contributed by atoms with Crippen molar-refractivity contribution in [2.45, 2.75) is 33.4 Å². The van der Waals surface area contributed by atoms with Gasteiger partial charge in [0.15, 0.2) is 0 Å². The number of fused-ring (bicyclic) bond motifs is 1. The number of carboxylic acid groups (broad SMARTS) is 1. The Bertz CT molecular complexity index is 1530. The number of rotatable bonds is 9. The Kier molecular flexibility index (Phi) is 7.45. The van der Waals surface area contributed by atoms with Crippen molar-refractivity contribution in [2.75, 3.05) is 13.6 Å². The van der Waals surface area contributed by atoms with E-state index in [9.17, 15) is 15.0 Å². The Hall–Kier alpha value is -4.09. The minimum atomic E-state index is -0.889. The van der Waals surface area contributed by atoms with Crippen molar-refractivity contribution in [1.29, 1.82) is 0 Å². The zero-order chi connectivity index (χ0) is 27.6. The second kappa shape index (κ2) is 11.0. The quantitative estimate of drug-likeness (QED) is 0.256. The Morgan fingerprint density at radius 2 is 1.69 bits per heavy atom. The molecule has 0 saturated carbocycles. The van der Waals surface area contributed by atoms with Crippen molar-refractivity contribution < 1.29 is 15.0 Å². The van der Waals surface area contributed by atoms with Crippen molar-refractivity contribution in [3.8, 4) is 5.75 Å². The molecule has 2 N–H and O–H groups in total. The molecule has 0 spiro atoms. The summed E-state index contributed by atoms with van der Waals surface area (Å²) in [5.74, 6) is -0.418. The molecule has 0 saturated heterocycles. The molecule has 1 aliphatic carbocycles. The summed E-state index contributed by atoms with van der Waals surface area (Å²) in [5.41, 5.74) is 6.65. The predicted molar refractivity (Wildman–Crippen MR) is 158 cm³/mol. The fourth-order valence-corrected chi connectivity index (χ4v) is 5.81. The molecule has 5 heteroatoms. The van der Waals surface area contributed by atoms with Gasteiger partial charge >= 0.3 is 5.97 Å². The highest BCUT2D eigenvalue weighted by molar-refractivity contribution is 5.87. The number of hydrogen-bond acceptors (Lipinski definition) is 3. The van der Waals surface area contributed by atoms with Crippen LogP contribution in [0.5, 0.6) is 5.75 Å². The van der Waals surface area contributed by atoms with Crippen molar-refractivity contribution in [3.05, 3.63) is 119 Å². The van der Waals surface area contributed by atoms with E-state index in [2.05, 4.69) is 85.3 Å². The first-order chi connectivity index (χ1) is 18.7. The van der Waals surface area contributed by atoms with Gasteiger partial charge in [-0.2, -0.15) is 0 Å². The predicted octanol–water partition coefficient (Wildman–Crippen LogP) is 6.75. The molecule has 5 nitrogen and oxygen atoms in total. The van der Waals surface area contributed by atoms with Gasteiger partial charge in [0.1, 0.15) is 5.75 Å². The molecule has 200 valence electrons. The highest BCUT2D eigenvalue weighted by Crippen LogP contribution is 2.46. The summed E-state index contributed by atoms with van der Waals surface area (Å²) < 4.78 is 2.26. The summed E-state index contributed by atoms with van der Waals surface area (Å²) in [4.78, 5) is 12.9. The van der Waals surface area contributed by atoms with E-state index < -0.39 is 5.97 Å². The highest BCUT2D eigenvalue weighted by atomic mass is 16.4. The maximum absolute atomic E-state index is 11.2. The number of benzene rings is 3. The topological polar surface area (TPSA) is 65.7 Å². The summed E-state index contributed by atoms with van der Waals surface area (Å²) in [6.45, 7) is 5.61. The molecule has 39 heavy (non-hydrogen) atoms. The lowest BCUT2D eigenvalue weighted by Crippen LogP contribution is -2.27. The average molecular weight is 521 g/mol. The fourth-order valence-electron chi connectivity index (χ4n) is 5.81. The first-order valence-corrected chi connectivity index (χ1v) is 13.4. The molecule has 1 heterocycles. The van der Waals surface area contributed by atoms with Crippen LogP contribution in [-0.2, 0) is 24.3 Å². The summed E-state index contributed by atoms with van der Waals surface area (Å²) in [7, 11) is 1.75. The molecule has 0 amide bonds. The molecular weight excluding hydrogens is 484 g/mol. The number of carbonyl (C=O) groups is 1. The number of aliphatic carboxylic acids is 1. The number of hydrogen-bond donors (Lipinski definition) is 2. The van der Waals surface area contributed by atoms with Gasteiger partial charge in [-0.05, 0) is 59.2 Å². The van der Waals surface area contributed by atoms with Crippen LogP contribution in [-0.4, -0.2) is 39.2 Å². The van der Waals surface area contributed by atoms with Crippen LogP contribution < -0.4 is 0 Å².